The summed E-state index contributed by atoms with van der Waals surface area (Å²) in [5.74, 6) is -0.325. The Kier molecular flexibility index (Phi) is 5.29. The second kappa shape index (κ2) is 8.04. The van der Waals surface area contributed by atoms with Crippen LogP contribution in [0.2, 0.25) is 0 Å². The largest absolute Gasteiger partial charge is 0.326 e. The Morgan fingerprint density at radius 3 is 2.43 bits per heavy atom. The molecule has 6 nitrogen and oxygen atoms in total. The summed E-state index contributed by atoms with van der Waals surface area (Å²) in [6, 6.07) is 15.1. The highest BCUT2D eigenvalue weighted by Crippen LogP contribution is 2.27. The summed E-state index contributed by atoms with van der Waals surface area (Å²) in [4.78, 5) is 33.2. The van der Waals surface area contributed by atoms with Crippen LogP contribution in [-0.4, -0.2) is 21.8 Å². The van der Waals surface area contributed by atoms with Crippen molar-refractivity contribution < 1.29 is 9.59 Å². The molecule has 0 bridgehead atoms. The van der Waals surface area contributed by atoms with Crippen molar-refractivity contribution in [3.8, 4) is 11.3 Å². The number of hydrogen-bond donors (Lipinski definition) is 2. The van der Waals surface area contributed by atoms with Crippen molar-refractivity contribution in [3.63, 3.8) is 0 Å². The molecule has 0 spiro atoms. The lowest BCUT2D eigenvalue weighted by molar-refractivity contribution is -0.114. The first-order valence-electron chi connectivity index (χ1n) is 9.42. The monoisotopic (exact) mass is 416 g/mol. The maximum absolute atomic E-state index is 13.0. The molecular formula is C23H20N4O2S. The molecule has 0 aliphatic heterocycles. The lowest BCUT2D eigenvalue weighted by atomic mass is 10.0. The number of carbonyl (C=O) groups excluding carboxylic acids is 2. The summed E-state index contributed by atoms with van der Waals surface area (Å²) in [5.41, 5.74) is 5.63. The second-order valence-electron chi connectivity index (χ2n) is 7.08. The minimum atomic E-state index is -0.210. The number of aromatic nitrogens is 2. The van der Waals surface area contributed by atoms with Gasteiger partial charge in [0, 0.05) is 34.6 Å². The molecule has 7 heteroatoms. The van der Waals surface area contributed by atoms with Crippen LogP contribution in [0.1, 0.15) is 28.5 Å². The van der Waals surface area contributed by atoms with E-state index in [1.165, 1.54) is 18.3 Å². The van der Waals surface area contributed by atoms with Crippen molar-refractivity contribution in [1.29, 1.82) is 0 Å². The summed E-state index contributed by atoms with van der Waals surface area (Å²) >= 11 is 1.37. The molecule has 30 heavy (non-hydrogen) atoms. The van der Waals surface area contributed by atoms with Crippen molar-refractivity contribution in [2.45, 2.75) is 20.8 Å². The zero-order chi connectivity index (χ0) is 21.3. The van der Waals surface area contributed by atoms with E-state index in [2.05, 4.69) is 20.6 Å². The molecule has 2 aromatic carbocycles. The molecular weight excluding hydrogens is 396 g/mol. The maximum atomic E-state index is 13.0. The molecule has 0 atom stereocenters. The third-order valence-electron chi connectivity index (χ3n) is 4.56. The second-order valence-corrected chi connectivity index (χ2v) is 7.94. The van der Waals surface area contributed by atoms with E-state index in [9.17, 15) is 9.59 Å². The molecule has 0 unspecified atom stereocenters. The molecule has 0 saturated carbocycles. The van der Waals surface area contributed by atoms with Crippen LogP contribution in [-0.2, 0) is 4.79 Å². The van der Waals surface area contributed by atoms with Crippen LogP contribution in [0, 0.1) is 13.8 Å². The molecule has 4 rings (SSSR count). The Morgan fingerprint density at radius 1 is 0.933 bits per heavy atom. The Labute approximate surface area is 178 Å². The molecule has 0 aliphatic carbocycles. The quantitative estimate of drug-likeness (QED) is 0.480. The van der Waals surface area contributed by atoms with Crippen molar-refractivity contribution in [2.75, 3.05) is 10.6 Å². The van der Waals surface area contributed by atoms with E-state index < -0.39 is 0 Å². The molecule has 4 aromatic rings. The third kappa shape index (κ3) is 4.21. The van der Waals surface area contributed by atoms with Crippen molar-refractivity contribution in [1.82, 2.24) is 9.97 Å². The van der Waals surface area contributed by atoms with E-state index in [4.69, 9.17) is 0 Å². The van der Waals surface area contributed by atoms with E-state index in [0.717, 1.165) is 39.1 Å². The molecule has 2 aromatic heterocycles. The van der Waals surface area contributed by atoms with Crippen molar-refractivity contribution >= 4 is 44.9 Å². The number of pyridine rings is 1. The van der Waals surface area contributed by atoms with Gasteiger partial charge in [0.15, 0.2) is 5.13 Å². The molecule has 0 fully saturated rings. The topological polar surface area (TPSA) is 84.0 Å². The summed E-state index contributed by atoms with van der Waals surface area (Å²) in [5, 5.41) is 8.88. The van der Waals surface area contributed by atoms with Crippen LogP contribution in [0.4, 0.5) is 10.8 Å². The van der Waals surface area contributed by atoms with E-state index in [-0.39, 0.29) is 11.8 Å². The summed E-state index contributed by atoms with van der Waals surface area (Å²) in [7, 11) is 0. The van der Waals surface area contributed by atoms with E-state index >= 15 is 0 Å². The lowest BCUT2D eigenvalue weighted by Gasteiger charge is -2.08. The Hall–Kier alpha value is -3.58. The fraction of sp³-hybridized carbons (Fsp3) is 0.130. The van der Waals surface area contributed by atoms with Gasteiger partial charge in [0.05, 0.1) is 16.8 Å². The maximum Gasteiger partial charge on any atom is 0.258 e. The average Bonchev–Trinajstić information content (AvgIpc) is 3.16. The summed E-state index contributed by atoms with van der Waals surface area (Å²) in [6.45, 7) is 5.34. The van der Waals surface area contributed by atoms with Gasteiger partial charge in [-0.2, -0.15) is 0 Å². The first kappa shape index (κ1) is 19.7. The average molecular weight is 417 g/mol. The van der Waals surface area contributed by atoms with Gasteiger partial charge in [-0.05, 0) is 44.2 Å². The highest BCUT2D eigenvalue weighted by Gasteiger charge is 2.15. The number of nitrogens with one attached hydrogen (secondary N) is 2. The molecule has 0 radical (unpaired) electrons. The SMILES string of the molecule is CC(=O)Nc1ccc(-c2csc(NC(=O)c3cc(C)nc4ccc(C)cc34)n2)cc1. The summed E-state index contributed by atoms with van der Waals surface area (Å²) in [6.07, 6.45) is 0. The minimum Gasteiger partial charge on any atom is -0.326 e. The number of benzene rings is 2. The Bertz CT molecular complexity index is 1260. The van der Waals surface area contributed by atoms with Crippen LogP contribution in [0.15, 0.2) is 53.9 Å². The number of carbonyl (C=O) groups is 2. The first-order chi connectivity index (χ1) is 14.4. The van der Waals surface area contributed by atoms with Gasteiger partial charge >= 0.3 is 0 Å². The molecule has 150 valence electrons. The molecule has 2 N–H and O–H groups in total. The summed E-state index contributed by atoms with van der Waals surface area (Å²) < 4.78 is 0. The zero-order valence-corrected chi connectivity index (χ0v) is 17.6. The number of aryl methyl sites for hydroxylation is 2. The van der Waals surface area contributed by atoms with Gasteiger partial charge in [-0.25, -0.2) is 4.98 Å². The number of hydrogen-bond acceptors (Lipinski definition) is 5. The normalized spacial score (nSPS) is 10.8. The number of rotatable bonds is 4. The van der Waals surface area contributed by atoms with Crippen molar-refractivity contribution in [3.05, 3.63) is 70.7 Å². The zero-order valence-electron chi connectivity index (χ0n) is 16.8. The third-order valence-corrected chi connectivity index (χ3v) is 5.32. The van der Waals surface area contributed by atoms with Gasteiger partial charge in [0.25, 0.3) is 5.91 Å². The fourth-order valence-electron chi connectivity index (χ4n) is 3.22. The number of nitrogens with zero attached hydrogens (tertiary/aromatic N) is 2. The van der Waals surface area contributed by atoms with Gasteiger partial charge in [-0.3, -0.25) is 19.9 Å². The van der Waals surface area contributed by atoms with Crippen LogP contribution in [0.5, 0.6) is 0 Å². The molecule has 2 heterocycles. The lowest BCUT2D eigenvalue weighted by Crippen LogP contribution is -2.13. The number of thiazole rings is 1. The predicted molar refractivity (Wildman–Crippen MR) is 121 cm³/mol. The highest BCUT2D eigenvalue weighted by molar-refractivity contribution is 7.14. The predicted octanol–water partition coefficient (Wildman–Crippen LogP) is 5.19. The Balaban J connectivity index is 1.57. The van der Waals surface area contributed by atoms with Crippen LogP contribution < -0.4 is 10.6 Å². The highest BCUT2D eigenvalue weighted by atomic mass is 32.1. The number of fused-ring (bicyclic) bond motifs is 1. The molecule has 0 aliphatic rings. The first-order valence-corrected chi connectivity index (χ1v) is 10.3. The smallest absolute Gasteiger partial charge is 0.258 e. The molecule has 0 saturated heterocycles. The van der Waals surface area contributed by atoms with Crippen LogP contribution in [0.3, 0.4) is 0 Å². The van der Waals surface area contributed by atoms with Gasteiger partial charge in [-0.15, -0.1) is 11.3 Å². The van der Waals surface area contributed by atoms with Gasteiger partial charge < -0.3 is 5.32 Å². The fourth-order valence-corrected chi connectivity index (χ4v) is 3.93. The van der Waals surface area contributed by atoms with Crippen molar-refractivity contribution in [2.24, 2.45) is 0 Å². The van der Waals surface area contributed by atoms with E-state index in [0.29, 0.717) is 10.7 Å². The standard InChI is InChI=1S/C23H20N4O2S/c1-13-4-9-20-18(10-13)19(11-14(2)24-20)22(29)27-23-26-21(12-30-23)16-5-7-17(8-6-16)25-15(3)28/h4-12H,1-3H3,(H,25,28)(H,26,27,29). The number of anilines is 2. The minimum absolute atomic E-state index is 0.115. The van der Waals surface area contributed by atoms with Gasteiger partial charge in [0.1, 0.15) is 0 Å². The van der Waals surface area contributed by atoms with Crippen LogP contribution >= 0.6 is 11.3 Å². The van der Waals surface area contributed by atoms with E-state index in [1.54, 1.807) is 6.07 Å². The van der Waals surface area contributed by atoms with Crippen LogP contribution in [0.25, 0.3) is 22.2 Å². The van der Waals surface area contributed by atoms with E-state index in [1.807, 2.05) is 61.7 Å². The van der Waals surface area contributed by atoms with Gasteiger partial charge in [0.2, 0.25) is 5.91 Å². The van der Waals surface area contributed by atoms with Gasteiger partial charge in [-0.1, -0.05) is 23.8 Å². The molecule has 2 amide bonds. The Morgan fingerprint density at radius 2 is 1.70 bits per heavy atom. The number of amides is 2.